The van der Waals surface area contributed by atoms with Crippen LogP contribution in [-0.2, 0) is 33.3 Å². The van der Waals surface area contributed by atoms with E-state index in [-0.39, 0.29) is 11.3 Å². The number of aliphatic hydroxyl groups excluding tert-OH is 4. The molecule has 0 aromatic heterocycles. The molecular weight excluding hydrogens is 524 g/mol. The minimum atomic E-state index is -1.82. The lowest BCUT2D eigenvalue weighted by atomic mass is 9.86. The fourth-order valence-corrected chi connectivity index (χ4v) is 3.91. The summed E-state index contributed by atoms with van der Waals surface area (Å²) in [7, 11) is 0. The van der Waals surface area contributed by atoms with Crippen molar-refractivity contribution in [2.45, 2.75) is 43.4 Å². The molecule has 2 aliphatic heterocycles. The normalized spacial score (nSPS) is 30.0. The molecule has 1 fully saturated rings. The molecule has 0 spiro atoms. The zero-order valence-electron chi connectivity index (χ0n) is 20.3. The molecule has 1 aromatic rings. The number of carboxylic acids is 2. The molecule has 0 aliphatic carbocycles. The van der Waals surface area contributed by atoms with Gasteiger partial charge >= 0.3 is 17.9 Å². The number of carbonyl (C=O) groups excluding carboxylic acids is 1. The number of rotatable bonds is 10. The van der Waals surface area contributed by atoms with E-state index in [1.165, 1.54) is 24.3 Å². The van der Waals surface area contributed by atoms with Gasteiger partial charge in [-0.15, -0.1) is 0 Å². The number of carboxylic acid groups (broad SMARTS) is 2. The average molecular weight is 552 g/mol. The van der Waals surface area contributed by atoms with Crippen LogP contribution < -0.4 is 0 Å². The Morgan fingerprint density at radius 1 is 1.00 bits per heavy atom. The van der Waals surface area contributed by atoms with E-state index >= 15 is 0 Å². The SMILES string of the molecule is O=C(O)C[C@@H]1C(C(=O)O)=CO[C@@H](O[C@@H]2O[C@@H](CO)[C@@H](O)[C@@H](O)[C@H]2O)C1=CCOC(=O)C=Cc1ccc(O)cc1. The number of phenols is 1. The fraction of sp³-hybridized carbons (Fsp3) is 0.400. The van der Waals surface area contributed by atoms with Gasteiger partial charge in [-0.25, -0.2) is 9.59 Å². The smallest absolute Gasteiger partial charge is 0.335 e. The van der Waals surface area contributed by atoms with Crippen LogP contribution in [0.25, 0.3) is 6.08 Å². The van der Waals surface area contributed by atoms with Crippen LogP contribution in [0.15, 0.2) is 53.8 Å². The van der Waals surface area contributed by atoms with Crippen LogP contribution in [0.5, 0.6) is 5.75 Å². The molecule has 7 N–H and O–H groups in total. The second-order valence-corrected chi connectivity index (χ2v) is 8.59. The average Bonchev–Trinajstić information content (AvgIpc) is 2.89. The van der Waals surface area contributed by atoms with E-state index in [2.05, 4.69) is 0 Å². The molecular formula is C25H28O14. The van der Waals surface area contributed by atoms with Crippen LogP contribution in [0.3, 0.4) is 0 Å². The quantitative estimate of drug-likeness (QED) is 0.106. The van der Waals surface area contributed by atoms with Crippen molar-refractivity contribution in [1.29, 1.82) is 0 Å². The number of ether oxygens (including phenoxy) is 4. The van der Waals surface area contributed by atoms with Crippen molar-refractivity contribution < 1.29 is 69.1 Å². The van der Waals surface area contributed by atoms with Crippen LogP contribution in [0, 0.1) is 5.92 Å². The van der Waals surface area contributed by atoms with E-state index in [4.69, 9.17) is 18.9 Å². The molecule has 0 bridgehead atoms. The van der Waals surface area contributed by atoms with Crippen molar-refractivity contribution >= 4 is 24.0 Å². The number of hydrogen-bond donors (Lipinski definition) is 7. The predicted molar refractivity (Wildman–Crippen MR) is 127 cm³/mol. The monoisotopic (exact) mass is 552 g/mol. The summed E-state index contributed by atoms with van der Waals surface area (Å²) in [4.78, 5) is 35.4. The van der Waals surface area contributed by atoms with Gasteiger partial charge in [0.05, 0.1) is 24.9 Å². The van der Waals surface area contributed by atoms with Crippen molar-refractivity contribution in [1.82, 2.24) is 0 Å². The summed E-state index contributed by atoms with van der Waals surface area (Å²) >= 11 is 0. The van der Waals surface area contributed by atoms with Crippen LogP contribution in [0.1, 0.15) is 12.0 Å². The van der Waals surface area contributed by atoms with Gasteiger partial charge in [0.25, 0.3) is 0 Å². The Morgan fingerprint density at radius 2 is 1.69 bits per heavy atom. The van der Waals surface area contributed by atoms with Gasteiger partial charge in [0, 0.05) is 17.6 Å². The van der Waals surface area contributed by atoms with Gasteiger partial charge < -0.3 is 54.7 Å². The van der Waals surface area contributed by atoms with Gasteiger partial charge in [-0.1, -0.05) is 12.1 Å². The van der Waals surface area contributed by atoms with Crippen molar-refractivity contribution in [2.24, 2.45) is 5.92 Å². The van der Waals surface area contributed by atoms with Gasteiger partial charge in [0.15, 0.2) is 6.29 Å². The molecule has 14 nitrogen and oxygen atoms in total. The second kappa shape index (κ2) is 13.3. The number of aliphatic carboxylic acids is 2. The predicted octanol–water partition coefficient (Wildman–Crippen LogP) is -0.893. The van der Waals surface area contributed by atoms with E-state index in [1.54, 1.807) is 12.1 Å². The van der Waals surface area contributed by atoms with E-state index in [0.717, 1.165) is 12.3 Å². The highest BCUT2D eigenvalue weighted by Crippen LogP contribution is 2.35. The van der Waals surface area contributed by atoms with Crippen molar-refractivity contribution in [3.8, 4) is 5.75 Å². The van der Waals surface area contributed by atoms with Crippen LogP contribution >= 0.6 is 0 Å². The van der Waals surface area contributed by atoms with Crippen LogP contribution in [0.4, 0.5) is 0 Å². The van der Waals surface area contributed by atoms with E-state index in [9.17, 15) is 50.1 Å². The second-order valence-electron chi connectivity index (χ2n) is 8.59. The first kappa shape index (κ1) is 29.8. The molecule has 3 rings (SSSR count). The minimum absolute atomic E-state index is 0.0437. The molecule has 212 valence electrons. The highest BCUT2D eigenvalue weighted by atomic mass is 16.8. The van der Waals surface area contributed by atoms with Crippen molar-refractivity contribution in [3.63, 3.8) is 0 Å². The third-order valence-electron chi connectivity index (χ3n) is 5.95. The van der Waals surface area contributed by atoms with E-state index in [1.807, 2.05) is 0 Å². The van der Waals surface area contributed by atoms with Crippen LogP contribution in [-0.4, -0.2) is 104 Å². The summed E-state index contributed by atoms with van der Waals surface area (Å²) in [6.45, 7) is -1.20. The first-order valence-corrected chi connectivity index (χ1v) is 11.6. The topological polar surface area (TPSA) is 230 Å². The number of carbonyl (C=O) groups is 3. The Balaban J connectivity index is 1.81. The van der Waals surface area contributed by atoms with E-state index < -0.39 is 86.0 Å². The van der Waals surface area contributed by atoms with Crippen molar-refractivity contribution in [2.75, 3.05) is 13.2 Å². The number of esters is 1. The third kappa shape index (κ3) is 7.63. The zero-order valence-corrected chi connectivity index (χ0v) is 20.3. The van der Waals surface area contributed by atoms with Crippen LogP contribution in [0.2, 0.25) is 0 Å². The maximum absolute atomic E-state index is 12.2. The molecule has 7 atom stereocenters. The Morgan fingerprint density at radius 3 is 2.31 bits per heavy atom. The summed E-state index contributed by atoms with van der Waals surface area (Å²) in [5, 5.41) is 67.9. The van der Waals surface area contributed by atoms with E-state index in [0.29, 0.717) is 5.56 Å². The molecule has 0 amide bonds. The summed E-state index contributed by atoms with van der Waals surface area (Å²) in [5.74, 6) is -4.91. The Labute approximate surface area is 221 Å². The molecule has 39 heavy (non-hydrogen) atoms. The molecule has 14 heteroatoms. The fourth-order valence-electron chi connectivity index (χ4n) is 3.91. The van der Waals surface area contributed by atoms with Gasteiger partial charge in [-0.05, 0) is 29.8 Å². The molecule has 2 heterocycles. The number of hydrogen-bond acceptors (Lipinski definition) is 12. The van der Waals surface area contributed by atoms with Gasteiger partial charge in [0.1, 0.15) is 36.8 Å². The maximum atomic E-state index is 12.2. The highest BCUT2D eigenvalue weighted by molar-refractivity contribution is 5.89. The largest absolute Gasteiger partial charge is 0.508 e. The number of aromatic hydroxyl groups is 1. The molecule has 0 unspecified atom stereocenters. The van der Waals surface area contributed by atoms with Gasteiger partial charge in [-0.2, -0.15) is 0 Å². The van der Waals surface area contributed by atoms with Gasteiger partial charge in [-0.3, -0.25) is 4.79 Å². The summed E-state index contributed by atoms with van der Waals surface area (Å²) in [6, 6.07) is 5.95. The first-order valence-electron chi connectivity index (χ1n) is 11.6. The lowest BCUT2D eigenvalue weighted by molar-refractivity contribution is -0.327. The van der Waals surface area contributed by atoms with Gasteiger partial charge in [0.2, 0.25) is 6.29 Å². The summed E-state index contributed by atoms with van der Waals surface area (Å²) < 4.78 is 21.3. The molecule has 0 saturated carbocycles. The number of phenolic OH excluding ortho intramolecular Hbond substituents is 1. The van der Waals surface area contributed by atoms with Crippen molar-refractivity contribution in [3.05, 3.63) is 59.4 Å². The zero-order chi connectivity index (χ0) is 28.7. The standard InChI is InChI=1S/C25H28O14/c26-10-17-20(31)21(32)22(33)25(38-17)39-24-14(15(9-18(28)29)16(11-37-24)23(34)35)7-8-36-19(30)6-3-12-1-4-13(27)5-2-12/h1-7,11,15,17,20-22,24-27,31-33H,8-10H2,(H,28,29)(H,34,35)/t15-,17-,20+,21+,22+,24-,25-/m0/s1. The Kier molecular flexibility index (Phi) is 10.2. The minimum Gasteiger partial charge on any atom is -0.508 e. The molecule has 0 radical (unpaired) electrons. The lowest BCUT2D eigenvalue weighted by Gasteiger charge is -2.41. The molecule has 2 aliphatic rings. The lowest BCUT2D eigenvalue weighted by Crippen LogP contribution is -2.60. The summed E-state index contributed by atoms with van der Waals surface area (Å²) in [6.07, 6.45) is -6.07. The Hall–Kier alpha value is -3.79. The number of aliphatic hydroxyl groups is 4. The molecule has 1 aromatic carbocycles. The first-order chi connectivity index (χ1) is 18.5. The third-order valence-corrected chi connectivity index (χ3v) is 5.95. The molecule has 1 saturated heterocycles. The number of benzene rings is 1. The summed E-state index contributed by atoms with van der Waals surface area (Å²) in [5.41, 5.74) is 0.0648. The maximum Gasteiger partial charge on any atom is 0.335 e. The highest BCUT2D eigenvalue weighted by Gasteiger charge is 2.46. The Bertz CT molecular complexity index is 1120.